The minimum atomic E-state index is -3.24. The Morgan fingerprint density at radius 2 is 1.65 bits per heavy atom. The van der Waals surface area contributed by atoms with Gasteiger partial charge < -0.3 is 5.73 Å². The fourth-order valence-electron chi connectivity index (χ4n) is 2.49. The summed E-state index contributed by atoms with van der Waals surface area (Å²) in [4.78, 5) is 0.385. The largest absolute Gasteiger partial charge is 0.324 e. The first-order valence-corrected chi connectivity index (χ1v) is 7.74. The highest BCUT2D eigenvalue weighted by molar-refractivity contribution is 7.91. The molecule has 1 aromatic rings. The molecule has 1 saturated carbocycles. The molecule has 17 heavy (non-hydrogen) atoms. The lowest BCUT2D eigenvalue weighted by Gasteiger charge is -2.32. The average molecular weight is 253 g/mol. The third kappa shape index (κ3) is 3.07. The topological polar surface area (TPSA) is 60.2 Å². The molecule has 1 aliphatic rings. The number of hydrogen-bond acceptors (Lipinski definition) is 3. The monoisotopic (exact) mass is 253 g/mol. The van der Waals surface area contributed by atoms with Gasteiger partial charge >= 0.3 is 0 Å². The molecule has 0 unspecified atom stereocenters. The van der Waals surface area contributed by atoms with E-state index < -0.39 is 15.4 Å². The highest BCUT2D eigenvalue weighted by Gasteiger charge is 2.33. The first-order valence-electron chi connectivity index (χ1n) is 6.09. The van der Waals surface area contributed by atoms with Gasteiger partial charge in [-0.3, -0.25) is 0 Å². The Kier molecular flexibility index (Phi) is 3.54. The molecule has 0 saturated heterocycles. The van der Waals surface area contributed by atoms with Gasteiger partial charge in [-0.05, 0) is 25.0 Å². The molecule has 0 radical (unpaired) electrons. The average Bonchev–Trinajstić information content (AvgIpc) is 2.30. The Bertz CT molecular complexity index is 461. The van der Waals surface area contributed by atoms with Crippen molar-refractivity contribution in [1.29, 1.82) is 0 Å². The maximum Gasteiger partial charge on any atom is 0.180 e. The van der Waals surface area contributed by atoms with Gasteiger partial charge in [0.2, 0.25) is 0 Å². The standard InChI is InChI=1S/C13H19NO2S/c14-13(9-5-2-6-10-13)11-17(15,16)12-7-3-1-4-8-12/h1,3-4,7-8H,2,5-6,9-11,14H2. The van der Waals surface area contributed by atoms with Crippen LogP contribution < -0.4 is 5.73 Å². The zero-order valence-electron chi connectivity index (χ0n) is 9.93. The lowest BCUT2D eigenvalue weighted by atomic mass is 9.84. The van der Waals surface area contributed by atoms with Gasteiger partial charge in [-0.25, -0.2) is 8.42 Å². The van der Waals surface area contributed by atoms with E-state index in [-0.39, 0.29) is 5.75 Å². The zero-order valence-corrected chi connectivity index (χ0v) is 10.7. The van der Waals surface area contributed by atoms with E-state index in [1.54, 1.807) is 24.3 Å². The van der Waals surface area contributed by atoms with E-state index >= 15 is 0 Å². The van der Waals surface area contributed by atoms with Crippen molar-refractivity contribution in [3.8, 4) is 0 Å². The zero-order chi connectivity index (χ0) is 12.4. The van der Waals surface area contributed by atoms with Gasteiger partial charge in [0, 0.05) is 5.54 Å². The molecule has 0 spiro atoms. The molecule has 0 aromatic heterocycles. The van der Waals surface area contributed by atoms with Gasteiger partial charge in [0.25, 0.3) is 0 Å². The van der Waals surface area contributed by atoms with Crippen LogP contribution in [0.2, 0.25) is 0 Å². The Labute approximate surface area is 103 Å². The molecule has 0 heterocycles. The third-order valence-electron chi connectivity index (χ3n) is 3.43. The summed E-state index contributed by atoms with van der Waals surface area (Å²) in [6, 6.07) is 8.59. The van der Waals surface area contributed by atoms with Crippen LogP contribution in [0.4, 0.5) is 0 Å². The van der Waals surface area contributed by atoms with Crippen molar-refractivity contribution < 1.29 is 8.42 Å². The normalized spacial score (nSPS) is 20.1. The highest BCUT2D eigenvalue weighted by Crippen LogP contribution is 2.28. The third-order valence-corrected chi connectivity index (χ3v) is 5.37. The van der Waals surface area contributed by atoms with Crippen molar-refractivity contribution in [2.45, 2.75) is 42.5 Å². The van der Waals surface area contributed by atoms with Crippen LogP contribution >= 0.6 is 0 Å². The van der Waals surface area contributed by atoms with Crippen LogP contribution in [-0.2, 0) is 9.84 Å². The lowest BCUT2D eigenvalue weighted by Crippen LogP contribution is -2.47. The molecule has 2 rings (SSSR count). The van der Waals surface area contributed by atoms with Crippen molar-refractivity contribution in [3.05, 3.63) is 30.3 Å². The van der Waals surface area contributed by atoms with Crippen molar-refractivity contribution in [3.63, 3.8) is 0 Å². The maximum absolute atomic E-state index is 12.2. The molecule has 0 aliphatic heterocycles. The molecular formula is C13H19NO2S. The Hall–Kier alpha value is -0.870. The SMILES string of the molecule is NC1(CS(=O)(=O)c2ccccc2)CCCCC1. The molecule has 1 aromatic carbocycles. The number of sulfone groups is 1. The van der Waals surface area contributed by atoms with E-state index in [0.717, 1.165) is 25.7 Å². The molecule has 4 heteroatoms. The first-order chi connectivity index (χ1) is 8.02. The second kappa shape index (κ2) is 4.78. The van der Waals surface area contributed by atoms with Crippen LogP contribution in [-0.4, -0.2) is 19.7 Å². The fourth-order valence-corrected chi connectivity index (χ4v) is 4.27. The summed E-state index contributed by atoms with van der Waals surface area (Å²) in [6.07, 6.45) is 4.89. The fraction of sp³-hybridized carbons (Fsp3) is 0.538. The Morgan fingerprint density at radius 1 is 1.06 bits per heavy atom. The minimum Gasteiger partial charge on any atom is -0.324 e. The first kappa shape index (κ1) is 12.6. The summed E-state index contributed by atoms with van der Waals surface area (Å²) in [6.45, 7) is 0. The number of hydrogen-bond donors (Lipinski definition) is 1. The van der Waals surface area contributed by atoms with E-state index in [0.29, 0.717) is 4.90 Å². The van der Waals surface area contributed by atoms with Crippen molar-refractivity contribution in [2.24, 2.45) is 5.73 Å². The number of nitrogens with two attached hydrogens (primary N) is 1. The van der Waals surface area contributed by atoms with Crippen LogP contribution in [0.3, 0.4) is 0 Å². The Balaban J connectivity index is 2.17. The molecule has 94 valence electrons. The van der Waals surface area contributed by atoms with E-state index in [1.807, 2.05) is 6.07 Å². The maximum atomic E-state index is 12.2. The molecule has 2 N–H and O–H groups in total. The quantitative estimate of drug-likeness (QED) is 0.897. The summed E-state index contributed by atoms with van der Waals surface area (Å²) in [5.41, 5.74) is 5.68. The highest BCUT2D eigenvalue weighted by atomic mass is 32.2. The van der Waals surface area contributed by atoms with Crippen molar-refractivity contribution >= 4 is 9.84 Å². The van der Waals surface area contributed by atoms with Gasteiger partial charge in [0.05, 0.1) is 10.6 Å². The second-order valence-electron chi connectivity index (χ2n) is 5.00. The van der Waals surface area contributed by atoms with Crippen molar-refractivity contribution in [2.75, 3.05) is 5.75 Å². The van der Waals surface area contributed by atoms with Crippen LogP contribution in [0.5, 0.6) is 0 Å². The summed E-state index contributed by atoms with van der Waals surface area (Å²) in [5.74, 6) is 0.0734. The van der Waals surface area contributed by atoms with Crippen LogP contribution in [0.1, 0.15) is 32.1 Å². The van der Waals surface area contributed by atoms with Crippen LogP contribution in [0, 0.1) is 0 Å². The molecule has 1 fully saturated rings. The summed E-state index contributed by atoms with van der Waals surface area (Å²) in [7, 11) is -3.24. The van der Waals surface area contributed by atoms with Gasteiger partial charge in [0.1, 0.15) is 0 Å². The predicted octanol–water partition coefficient (Wildman–Crippen LogP) is 2.12. The predicted molar refractivity (Wildman–Crippen MR) is 68.5 cm³/mol. The lowest BCUT2D eigenvalue weighted by molar-refractivity contribution is 0.323. The van der Waals surface area contributed by atoms with E-state index in [9.17, 15) is 8.42 Å². The molecule has 0 atom stereocenters. The molecule has 3 nitrogen and oxygen atoms in total. The molecule has 0 bridgehead atoms. The van der Waals surface area contributed by atoms with E-state index in [2.05, 4.69) is 0 Å². The smallest absolute Gasteiger partial charge is 0.180 e. The number of benzene rings is 1. The van der Waals surface area contributed by atoms with Gasteiger partial charge in [-0.15, -0.1) is 0 Å². The molecular weight excluding hydrogens is 234 g/mol. The van der Waals surface area contributed by atoms with Crippen molar-refractivity contribution in [1.82, 2.24) is 0 Å². The van der Waals surface area contributed by atoms with Gasteiger partial charge in [0.15, 0.2) is 9.84 Å². The molecule has 1 aliphatic carbocycles. The van der Waals surface area contributed by atoms with Crippen LogP contribution in [0.25, 0.3) is 0 Å². The van der Waals surface area contributed by atoms with E-state index in [1.165, 1.54) is 6.42 Å². The van der Waals surface area contributed by atoms with Gasteiger partial charge in [-0.1, -0.05) is 37.5 Å². The van der Waals surface area contributed by atoms with Gasteiger partial charge in [-0.2, -0.15) is 0 Å². The minimum absolute atomic E-state index is 0.0734. The summed E-state index contributed by atoms with van der Waals surface area (Å²) in [5, 5.41) is 0. The summed E-state index contributed by atoms with van der Waals surface area (Å²) >= 11 is 0. The molecule has 0 amide bonds. The van der Waals surface area contributed by atoms with Crippen LogP contribution in [0.15, 0.2) is 35.2 Å². The second-order valence-corrected chi connectivity index (χ2v) is 6.98. The van der Waals surface area contributed by atoms with E-state index in [4.69, 9.17) is 5.73 Å². The summed E-state index contributed by atoms with van der Waals surface area (Å²) < 4.78 is 24.5. The Morgan fingerprint density at radius 3 is 2.24 bits per heavy atom. The number of rotatable bonds is 3.